The molecule has 0 aliphatic rings. The van der Waals surface area contributed by atoms with Gasteiger partial charge in [-0.3, -0.25) is 29.7 Å². The summed E-state index contributed by atoms with van der Waals surface area (Å²) in [4.78, 5) is 41.5. The smallest absolute Gasteiger partial charge is 0.271 e. The Labute approximate surface area is 215 Å². The van der Waals surface area contributed by atoms with Crippen LogP contribution in [0.2, 0.25) is 10.0 Å². The predicted octanol–water partition coefficient (Wildman–Crippen LogP) is 5.47. The van der Waals surface area contributed by atoms with E-state index in [1.165, 1.54) is 36.8 Å². The fourth-order valence-electron chi connectivity index (χ4n) is 2.74. The number of nitro groups is 1. The molecule has 182 valence electrons. The molecule has 4 rings (SSSR count). The second-order valence-corrected chi connectivity index (χ2v) is 7.87. The van der Waals surface area contributed by atoms with Gasteiger partial charge in [0.1, 0.15) is 0 Å². The highest BCUT2D eigenvalue weighted by Crippen LogP contribution is 2.27. The van der Waals surface area contributed by atoms with E-state index in [0.717, 1.165) is 0 Å². The maximum atomic E-state index is 11.9. The number of nitrogen functional groups attached to an aromatic ring is 1. The van der Waals surface area contributed by atoms with Crippen LogP contribution in [0.15, 0.2) is 85.5 Å². The van der Waals surface area contributed by atoms with Crippen LogP contribution < -0.4 is 16.4 Å². The molecule has 2 amide bonds. The first-order chi connectivity index (χ1) is 17.2. The van der Waals surface area contributed by atoms with Gasteiger partial charge in [0.2, 0.25) is 0 Å². The van der Waals surface area contributed by atoms with E-state index in [1.807, 2.05) is 0 Å². The lowest BCUT2D eigenvalue weighted by Gasteiger charge is -2.07. The molecule has 0 aliphatic carbocycles. The number of rotatable bonds is 5. The normalized spacial score (nSPS) is 9.94. The Hall–Kier alpha value is -4.54. The van der Waals surface area contributed by atoms with Gasteiger partial charge < -0.3 is 16.4 Å². The molecule has 4 N–H and O–H groups in total. The predicted molar refractivity (Wildman–Crippen MR) is 138 cm³/mol. The molecule has 4 aromatic rings. The lowest BCUT2D eigenvalue weighted by Crippen LogP contribution is -2.12. The summed E-state index contributed by atoms with van der Waals surface area (Å²) in [7, 11) is 0. The van der Waals surface area contributed by atoms with E-state index >= 15 is 0 Å². The number of hydrogen-bond donors (Lipinski definition) is 3. The number of nitrogens with two attached hydrogens (primary N) is 1. The number of benzene rings is 2. The molecule has 10 nitrogen and oxygen atoms in total. The Bertz CT molecular complexity index is 1390. The van der Waals surface area contributed by atoms with Crippen LogP contribution in [0.4, 0.5) is 22.7 Å². The lowest BCUT2D eigenvalue weighted by molar-refractivity contribution is -0.384. The molecule has 0 radical (unpaired) electrons. The highest BCUT2D eigenvalue weighted by molar-refractivity contribution is 6.34. The van der Waals surface area contributed by atoms with Crippen molar-refractivity contribution >= 4 is 57.8 Å². The van der Waals surface area contributed by atoms with Crippen molar-refractivity contribution in [2.75, 3.05) is 16.4 Å². The summed E-state index contributed by atoms with van der Waals surface area (Å²) in [5.74, 6) is -0.707. The molecule has 2 aromatic carbocycles. The van der Waals surface area contributed by atoms with Crippen molar-refractivity contribution in [2.24, 2.45) is 0 Å². The van der Waals surface area contributed by atoms with Gasteiger partial charge in [-0.05, 0) is 48.5 Å². The molecule has 0 unspecified atom stereocenters. The Morgan fingerprint density at radius 2 is 1.31 bits per heavy atom. The zero-order valence-electron chi connectivity index (χ0n) is 18.4. The third kappa shape index (κ3) is 7.23. The number of hydrogen-bond acceptors (Lipinski definition) is 7. The quantitative estimate of drug-likeness (QED) is 0.178. The third-order valence-corrected chi connectivity index (χ3v) is 5.15. The van der Waals surface area contributed by atoms with Crippen molar-refractivity contribution in [3.8, 4) is 0 Å². The van der Waals surface area contributed by atoms with Gasteiger partial charge in [0, 0.05) is 42.6 Å². The molecule has 0 aliphatic heterocycles. The number of anilines is 3. The Morgan fingerprint density at radius 3 is 1.78 bits per heavy atom. The van der Waals surface area contributed by atoms with Crippen molar-refractivity contribution in [3.63, 3.8) is 0 Å². The molecule has 0 atom stereocenters. The summed E-state index contributed by atoms with van der Waals surface area (Å²) >= 11 is 11.8. The first-order valence-corrected chi connectivity index (χ1v) is 10.9. The number of carbonyl (C=O) groups excluding carboxylic acids is 2. The van der Waals surface area contributed by atoms with Gasteiger partial charge in [-0.25, -0.2) is 0 Å². The molecule has 12 heteroatoms. The zero-order chi connectivity index (χ0) is 26.1. The maximum Gasteiger partial charge on any atom is 0.271 e. The minimum absolute atomic E-state index is 0.147. The van der Waals surface area contributed by atoms with E-state index in [-0.39, 0.29) is 22.3 Å². The van der Waals surface area contributed by atoms with E-state index in [4.69, 9.17) is 28.9 Å². The van der Waals surface area contributed by atoms with Crippen molar-refractivity contribution in [1.29, 1.82) is 0 Å². The van der Waals surface area contributed by atoms with Crippen molar-refractivity contribution < 1.29 is 14.5 Å². The number of amides is 2. The number of nitro benzene ring substituents is 1. The molecule has 2 aromatic heterocycles. The SMILES string of the molecule is Nc1ccc(Cl)c(NC(=O)c2cccnc2)c1.O=C(Nc1cc([N+](=O)[O-])ccc1Cl)c1cccnc1. The average Bonchev–Trinajstić information content (AvgIpc) is 2.88. The van der Waals surface area contributed by atoms with Gasteiger partial charge in [-0.15, -0.1) is 0 Å². The number of nitrogens with one attached hydrogen (secondary N) is 2. The highest BCUT2D eigenvalue weighted by atomic mass is 35.5. The van der Waals surface area contributed by atoms with Gasteiger partial charge in [-0.2, -0.15) is 0 Å². The number of halogens is 2. The van der Waals surface area contributed by atoms with E-state index in [2.05, 4.69) is 20.6 Å². The lowest BCUT2D eigenvalue weighted by atomic mass is 10.2. The van der Waals surface area contributed by atoms with Crippen LogP contribution in [0.3, 0.4) is 0 Å². The van der Waals surface area contributed by atoms with Crippen LogP contribution in [-0.4, -0.2) is 26.7 Å². The molecule has 36 heavy (non-hydrogen) atoms. The third-order valence-electron chi connectivity index (χ3n) is 4.50. The standard InChI is InChI=1S/C12H8ClN3O3.C12H10ClN3O/c13-10-4-3-9(16(18)19)6-11(10)15-12(17)8-2-1-5-14-7-8;13-10-4-3-9(14)6-11(10)16-12(17)8-2-1-5-15-7-8/h1-7H,(H,15,17);1-7H,14H2,(H,16,17). The van der Waals surface area contributed by atoms with Gasteiger partial charge >= 0.3 is 0 Å². The van der Waals surface area contributed by atoms with Gasteiger partial charge in [-0.1, -0.05) is 23.2 Å². The van der Waals surface area contributed by atoms with Crippen LogP contribution >= 0.6 is 23.2 Å². The summed E-state index contributed by atoms with van der Waals surface area (Å²) in [5, 5.41) is 16.5. The number of nitrogens with zero attached hydrogens (tertiary/aromatic N) is 3. The van der Waals surface area contributed by atoms with Crippen LogP contribution in [0.5, 0.6) is 0 Å². The summed E-state index contributed by atoms with van der Waals surface area (Å²) < 4.78 is 0. The average molecular weight is 525 g/mol. The van der Waals surface area contributed by atoms with E-state index < -0.39 is 10.8 Å². The molecule has 2 heterocycles. The Kier molecular flexibility index (Phi) is 8.87. The summed E-state index contributed by atoms with van der Waals surface area (Å²) in [6.45, 7) is 0. The molecule has 0 saturated heterocycles. The van der Waals surface area contributed by atoms with Gasteiger partial charge in [0.05, 0.1) is 37.5 Å². The fourth-order valence-corrected chi connectivity index (χ4v) is 3.07. The first-order valence-electron chi connectivity index (χ1n) is 10.2. The number of carbonyl (C=O) groups is 2. The summed E-state index contributed by atoms with van der Waals surface area (Å²) in [6.07, 6.45) is 6.01. The van der Waals surface area contributed by atoms with Crippen molar-refractivity contribution in [1.82, 2.24) is 9.97 Å². The van der Waals surface area contributed by atoms with Gasteiger partial charge in [0.15, 0.2) is 0 Å². The minimum Gasteiger partial charge on any atom is -0.399 e. The van der Waals surface area contributed by atoms with E-state index in [0.29, 0.717) is 27.5 Å². The van der Waals surface area contributed by atoms with E-state index in [9.17, 15) is 19.7 Å². The second-order valence-electron chi connectivity index (χ2n) is 7.05. The van der Waals surface area contributed by atoms with Crippen LogP contribution in [-0.2, 0) is 0 Å². The Balaban J connectivity index is 0.000000202. The van der Waals surface area contributed by atoms with Crippen LogP contribution in [0, 0.1) is 10.1 Å². The molecule has 0 spiro atoms. The van der Waals surface area contributed by atoms with E-state index in [1.54, 1.807) is 48.7 Å². The van der Waals surface area contributed by atoms with Crippen molar-refractivity contribution in [3.05, 3.63) is 117 Å². The molecular formula is C24H18Cl2N6O4. The largest absolute Gasteiger partial charge is 0.399 e. The maximum absolute atomic E-state index is 11.9. The summed E-state index contributed by atoms with van der Waals surface area (Å²) in [5.41, 5.74) is 7.48. The molecule has 0 bridgehead atoms. The zero-order valence-corrected chi connectivity index (χ0v) is 19.9. The number of pyridine rings is 2. The number of aromatic nitrogens is 2. The monoisotopic (exact) mass is 524 g/mol. The van der Waals surface area contributed by atoms with Crippen LogP contribution in [0.25, 0.3) is 0 Å². The number of non-ortho nitro benzene ring substituents is 1. The molecular weight excluding hydrogens is 507 g/mol. The Morgan fingerprint density at radius 1 is 0.806 bits per heavy atom. The first kappa shape index (κ1) is 26.1. The highest BCUT2D eigenvalue weighted by Gasteiger charge is 2.13. The van der Waals surface area contributed by atoms with Crippen LogP contribution in [0.1, 0.15) is 20.7 Å². The molecule has 0 saturated carbocycles. The second kappa shape index (κ2) is 12.2. The van der Waals surface area contributed by atoms with Crippen molar-refractivity contribution in [2.45, 2.75) is 0 Å². The van der Waals surface area contributed by atoms with Gasteiger partial charge in [0.25, 0.3) is 17.5 Å². The topological polar surface area (TPSA) is 153 Å². The summed E-state index contributed by atoms with van der Waals surface area (Å²) in [6, 6.07) is 15.3. The molecule has 0 fully saturated rings. The fraction of sp³-hybridized carbons (Fsp3) is 0. The minimum atomic E-state index is -0.559.